The second-order valence-electron chi connectivity index (χ2n) is 22.0. The Morgan fingerprint density at radius 3 is 1.09 bits per heavy atom. The summed E-state index contributed by atoms with van der Waals surface area (Å²) in [6.07, 6.45) is 0. The minimum absolute atomic E-state index is 0.237. The summed E-state index contributed by atoms with van der Waals surface area (Å²) < 4.78 is 0. The molecule has 356 valence electrons. The number of para-hydroxylation sites is 3. The van der Waals surface area contributed by atoms with E-state index in [0.717, 1.165) is 22.7 Å². The van der Waals surface area contributed by atoms with E-state index in [0.29, 0.717) is 0 Å². The van der Waals surface area contributed by atoms with E-state index in [4.69, 9.17) is 0 Å². The van der Waals surface area contributed by atoms with Crippen LogP contribution in [0.2, 0.25) is 0 Å². The van der Waals surface area contributed by atoms with Crippen LogP contribution in [0.3, 0.4) is 0 Å². The molecule has 0 saturated carbocycles. The van der Waals surface area contributed by atoms with Crippen molar-refractivity contribution in [3.63, 3.8) is 0 Å². The highest BCUT2D eigenvalue weighted by atomic mass is 15.2. The normalized spacial score (nSPS) is 15.0. The van der Waals surface area contributed by atoms with Gasteiger partial charge in [0, 0.05) is 33.6 Å². The van der Waals surface area contributed by atoms with Gasteiger partial charge in [-0.3, -0.25) is 0 Å². The molecule has 0 N–H and O–H groups in total. The molecule has 0 fully saturated rings. The summed E-state index contributed by atoms with van der Waals surface area (Å²) in [4.78, 5) is 5.02. The van der Waals surface area contributed by atoms with Crippen LogP contribution < -0.4 is 9.80 Å². The Bertz CT molecular complexity index is 3930. The van der Waals surface area contributed by atoms with Gasteiger partial charge in [-0.1, -0.05) is 210 Å². The third kappa shape index (κ3) is 6.14. The lowest BCUT2D eigenvalue weighted by atomic mass is 9.64. The van der Waals surface area contributed by atoms with Gasteiger partial charge in [0.05, 0.1) is 16.8 Å². The Hall–Kier alpha value is -8.98. The molecule has 75 heavy (non-hydrogen) atoms. The number of fused-ring (bicyclic) bond motifs is 15. The molecule has 0 atom stereocenters. The number of anilines is 6. The van der Waals surface area contributed by atoms with Crippen LogP contribution in [-0.2, 0) is 16.2 Å². The summed E-state index contributed by atoms with van der Waals surface area (Å²) in [6, 6.07) is 95.9. The average molecular weight is 959 g/mol. The van der Waals surface area contributed by atoms with Crippen LogP contribution in [0.5, 0.6) is 0 Å². The van der Waals surface area contributed by atoms with Crippen LogP contribution in [0, 0.1) is 0 Å². The molecule has 3 aliphatic carbocycles. The highest BCUT2D eigenvalue weighted by Crippen LogP contribution is 2.64. The molecule has 0 radical (unpaired) electrons. The van der Waals surface area contributed by atoms with Gasteiger partial charge < -0.3 is 9.80 Å². The first kappa shape index (κ1) is 43.6. The van der Waals surface area contributed by atoms with Crippen LogP contribution in [0.15, 0.2) is 255 Å². The van der Waals surface area contributed by atoms with Crippen LogP contribution in [0.4, 0.5) is 34.1 Å². The van der Waals surface area contributed by atoms with Gasteiger partial charge in [0.2, 0.25) is 0 Å². The second kappa shape index (κ2) is 16.0. The Morgan fingerprint density at radius 2 is 0.613 bits per heavy atom. The predicted molar refractivity (Wildman–Crippen MR) is 313 cm³/mol. The third-order valence-electron chi connectivity index (χ3n) is 17.4. The first-order valence-corrected chi connectivity index (χ1v) is 26.5. The van der Waals surface area contributed by atoms with E-state index in [2.05, 4.69) is 292 Å². The minimum atomic E-state index is -0.595. The Morgan fingerprint density at radius 1 is 0.267 bits per heavy atom. The summed E-state index contributed by atoms with van der Waals surface area (Å²) in [5.74, 6) is 0. The van der Waals surface area contributed by atoms with E-state index in [-0.39, 0.29) is 10.8 Å². The predicted octanol–water partition coefficient (Wildman–Crippen LogP) is 19.2. The molecule has 11 aromatic rings. The SMILES string of the molecule is CC1(C)c2cc(-c3ccccc3)ccc2-c2ccc(N(c3ccc4c(c3)C(C)(C)c3cc(-c5ccccc5)ccc3-4)c3ccc4c(c3)C3(c5ccccc5-4)c4ccccc4N(c4ccccc4)c4ccccc43)cc21. The number of hydrogen-bond donors (Lipinski definition) is 0. The van der Waals surface area contributed by atoms with E-state index in [1.807, 2.05) is 0 Å². The second-order valence-corrected chi connectivity index (χ2v) is 22.0. The third-order valence-corrected chi connectivity index (χ3v) is 17.4. The van der Waals surface area contributed by atoms with E-state index >= 15 is 0 Å². The lowest BCUT2D eigenvalue weighted by Crippen LogP contribution is -2.36. The van der Waals surface area contributed by atoms with Crippen LogP contribution in [0.1, 0.15) is 72.2 Å². The summed E-state index contributed by atoms with van der Waals surface area (Å²) >= 11 is 0. The summed E-state index contributed by atoms with van der Waals surface area (Å²) in [6.45, 7) is 9.64. The maximum atomic E-state index is 2.55. The van der Waals surface area contributed by atoms with Crippen molar-refractivity contribution in [3.05, 3.63) is 299 Å². The monoisotopic (exact) mass is 958 g/mol. The zero-order valence-electron chi connectivity index (χ0n) is 42.6. The number of nitrogens with zero attached hydrogens (tertiary/aromatic N) is 2. The van der Waals surface area contributed by atoms with E-state index < -0.39 is 5.41 Å². The quantitative estimate of drug-likeness (QED) is 0.164. The first-order valence-electron chi connectivity index (χ1n) is 26.5. The Balaban J connectivity index is 0.948. The number of rotatable bonds is 6. The molecule has 2 nitrogen and oxygen atoms in total. The highest BCUT2D eigenvalue weighted by Gasteiger charge is 2.52. The fourth-order valence-corrected chi connectivity index (χ4v) is 13.9. The van der Waals surface area contributed by atoms with Gasteiger partial charge in [0.25, 0.3) is 0 Å². The molecule has 15 rings (SSSR count). The Kier molecular flexibility index (Phi) is 9.30. The van der Waals surface area contributed by atoms with Crippen molar-refractivity contribution >= 4 is 34.1 Å². The van der Waals surface area contributed by atoms with Gasteiger partial charge in [-0.25, -0.2) is 0 Å². The lowest BCUT2D eigenvalue weighted by Gasteiger charge is -2.45. The lowest BCUT2D eigenvalue weighted by molar-refractivity contribution is 0.660. The number of benzene rings is 11. The number of hydrogen-bond acceptors (Lipinski definition) is 2. The minimum Gasteiger partial charge on any atom is -0.310 e. The van der Waals surface area contributed by atoms with Crippen molar-refractivity contribution in [2.75, 3.05) is 9.80 Å². The largest absolute Gasteiger partial charge is 0.310 e. The summed E-state index contributed by atoms with van der Waals surface area (Å²) in [5, 5.41) is 0. The molecule has 2 heteroatoms. The molecule has 0 saturated heterocycles. The van der Waals surface area contributed by atoms with Gasteiger partial charge in [0.15, 0.2) is 0 Å². The van der Waals surface area contributed by atoms with Crippen LogP contribution >= 0.6 is 0 Å². The van der Waals surface area contributed by atoms with Crippen molar-refractivity contribution in [1.29, 1.82) is 0 Å². The molecular weight excluding hydrogens is 905 g/mol. The van der Waals surface area contributed by atoms with Crippen LogP contribution in [-0.4, -0.2) is 0 Å². The Labute approximate surface area is 440 Å². The molecule has 1 heterocycles. The topological polar surface area (TPSA) is 6.48 Å². The van der Waals surface area contributed by atoms with Gasteiger partial charge in [-0.15, -0.1) is 0 Å². The van der Waals surface area contributed by atoms with Crippen molar-refractivity contribution in [3.8, 4) is 55.6 Å². The van der Waals surface area contributed by atoms with E-state index in [1.54, 1.807) is 0 Å². The zero-order valence-corrected chi connectivity index (χ0v) is 42.6. The van der Waals surface area contributed by atoms with Gasteiger partial charge in [0.1, 0.15) is 0 Å². The van der Waals surface area contributed by atoms with Crippen molar-refractivity contribution in [1.82, 2.24) is 0 Å². The van der Waals surface area contributed by atoms with Crippen molar-refractivity contribution < 1.29 is 0 Å². The average Bonchev–Trinajstić information content (AvgIpc) is 4.10. The summed E-state index contributed by atoms with van der Waals surface area (Å²) in [7, 11) is 0. The first-order chi connectivity index (χ1) is 36.7. The maximum absolute atomic E-state index is 2.55. The molecule has 0 unspecified atom stereocenters. The zero-order chi connectivity index (χ0) is 50.2. The molecule has 0 bridgehead atoms. The summed E-state index contributed by atoms with van der Waals surface area (Å²) in [5.41, 5.74) is 29.2. The smallest absolute Gasteiger partial charge is 0.0755 e. The van der Waals surface area contributed by atoms with Gasteiger partial charge >= 0.3 is 0 Å². The van der Waals surface area contributed by atoms with Crippen LogP contribution in [0.25, 0.3) is 55.6 Å². The van der Waals surface area contributed by atoms with Gasteiger partial charge in [-0.2, -0.15) is 0 Å². The molecule has 4 aliphatic rings. The molecular formula is C73H54N2. The molecule has 11 aromatic carbocycles. The molecule has 0 aromatic heterocycles. The standard InChI is InChI=1S/C73H54N2/c1-71(2)64-42-49(47-20-8-5-9-21-47)32-37-56(64)58-39-34-52(44-66(58)71)74(53-35-40-59-57-38-33-50(48-22-10-6-11-23-48)43-65(57)72(3,4)67(59)45-53)54-36-41-60-55-26-14-15-27-61(55)73(68(60)46-54)62-28-16-18-30-69(62)75(51-24-12-7-13-25-51)70-31-19-17-29-63(70)73/h5-46H,1-4H3. The maximum Gasteiger partial charge on any atom is 0.0755 e. The fourth-order valence-electron chi connectivity index (χ4n) is 13.9. The van der Waals surface area contributed by atoms with Crippen molar-refractivity contribution in [2.24, 2.45) is 0 Å². The van der Waals surface area contributed by atoms with E-state index in [1.165, 1.54) is 112 Å². The molecule has 1 aliphatic heterocycles. The fraction of sp³-hybridized carbons (Fsp3) is 0.0959. The molecule has 1 spiro atoms. The van der Waals surface area contributed by atoms with E-state index in [9.17, 15) is 0 Å². The highest BCUT2D eigenvalue weighted by molar-refractivity contribution is 5.98. The molecule has 0 amide bonds. The van der Waals surface area contributed by atoms with Crippen molar-refractivity contribution in [2.45, 2.75) is 43.9 Å². The van der Waals surface area contributed by atoms with Gasteiger partial charge in [-0.05, 0) is 173 Å².